The van der Waals surface area contributed by atoms with Gasteiger partial charge >= 0.3 is 0 Å². The molecular formula is C11H15FO2. The van der Waals surface area contributed by atoms with E-state index in [1.54, 1.807) is 6.07 Å². The van der Waals surface area contributed by atoms with Gasteiger partial charge in [0.25, 0.3) is 0 Å². The van der Waals surface area contributed by atoms with Crippen molar-refractivity contribution in [2.45, 2.75) is 19.8 Å². The zero-order chi connectivity index (χ0) is 10.6. The lowest BCUT2D eigenvalue weighted by Crippen LogP contribution is -2.04. The first-order chi connectivity index (χ1) is 6.69. The van der Waals surface area contributed by atoms with Crippen LogP contribution in [0.4, 0.5) is 4.39 Å². The quantitative estimate of drug-likeness (QED) is 0.804. The summed E-state index contributed by atoms with van der Waals surface area (Å²) < 4.78 is 18.3. The molecule has 0 spiro atoms. The number of ether oxygens (including phenoxy) is 1. The molecule has 0 aromatic heterocycles. The third-order valence-electron chi connectivity index (χ3n) is 2.08. The minimum atomic E-state index is -0.302. The Morgan fingerprint density at radius 1 is 1.50 bits per heavy atom. The zero-order valence-corrected chi connectivity index (χ0v) is 8.46. The van der Waals surface area contributed by atoms with Crippen molar-refractivity contribution in [3.8, 4) is 5.75 Å². The molecule has 1 aromatic rings. The van der Waals surface area contributed by atoms with Gasteiger partial charge in [-0.3, -0.25) is 0 Å². The fraction of sp³-hybridized carbons (Fsp3) is 0.455. The highest BCUT2D eigenvalue weighted by Crippen LogP contribution is 2.27. The summed E-state index contributed by atoms with van der Waals surface area (Å²) in [6.45, 7) is 4.23. The summed E-state index contributed by atoms with van der Waals surface area (Å²) >= 11 is 0. The van der Waals surface area contributed by atoms with Crippen LogP contribution in [0.2, 0.25) is 0 Å². The molecule has 0 bridgehead atoms. The lowest BCUT2D eigenvalue weighted by molar-refractivity contribution is 0.266. The molecule has 3 heteroatoms. The Morgan fingerprint density at radius 2 is 2.21 bits per heavy atom. The minimum Gasteiger partial charge on any atom is -0.494 e. The summed E-state index contributed by atoms with van der Waals surface area (Å²) in [5.41, 5.74) is 0.717. The van der Waals surface area contributed by atoms with E-state index in [4.69, 9.17) is 9.84 Å². The molecule has 0 amide bonds. The van der Waals surface area contributed by atoms with Crippen molar-refractivity contribution >= 4 is 0 Å². The van der Waals surface area contributed by atoms with Gasteiger partial charge in [0.2, 0.25) is 0 Å². The predicted molar refractivity (Wildman–Crippen MR) is 53.1 cm³/mol. The van der Waals surface area contributed by atoms with Gasteiger partial charge in [0, 0.05) is 18.1 Å². The van der Waals surface area contributed by atoms with Crippen LogP contribution in [0.25, 0.3) is 0 Å². The van der Waals surface area contributed by atoms with Crippen LogP contribution >= 0.6 is 0 Å². The molecule has 0 saturated carbocycles. The highest BCUT2D eigenvalue weighted by molar-refractivity contribution is 5.36. The molecule has 78 valence electrons. The molecule has 0 aliphatic carbocycles. The van der Waals surface area contributed by atoms with Gasteiger partial charge in [-0.15, -0.1) is 0 Å². The van der Waals surface area contributed by atoms with Gasteiger partial charge in [-0.25, -0.2) is 4.39 Å². The highest BCUT2D eigenvalue weighted by atomic mass is 19.1. The lowest BCUT2D eigenvalue weighted by Gasteiger charge is -2.14. The van der Waals surface area contributed by atoms with E-state index >= 15 is 0 Å². The van der Waals surface area contributed by atoms with E-state index in [0.717, 1.165) is 0 Å². The Bertz CT molecular complexity index is 299. The van der Waals surface area contributed by atoms with Gasteiger partial charge in [-0.1, -0.05) is 6.92 Å². The first-order valence-electron chi connectivity index (χ1n) is 4.72. The van der Waals surface area contributed by atoms with Crippen molar-refractivity contribution in [1.82, 2.24) is 0 Å². The topological polar surface area (TPSA) is 29.5 Å². The summed E-state index contributed by atoms with van der Waals surface area (Å²) in [6, 6.07) is 4.37. The second kappa shape index (κ2) is 4.96. The molecule has 0 fully saturated rings. The average molecular weight is 198 g/mol. The number of rotatable bonds is 4. The second-order valence-corrected chi connectivity index (χ2v) is 3.20. The molecule has 0 saturated heterocycles. The molecule has 1 unspecified atom stereocenters. The van der Waals surface area contributed by atoms with Gasteiger partial charge in [-0.05, 0) is 25.1 Å². The van der Waals surface area contributed by atoms with E-state index in [2.05, 4.69) is 0 Å². The summed E-state index contributed by atoms with van der Waals surface area (Å²) in [5.74, 6) is 0.242. The first kappa shape index (κ1) is 11.0. The van der Waals surface area contributed by atoms with Crippen LogP contribution in [-0.4, -0.2) is 18.3 Å². The van der Waals surface area contributed by atoms with E-state index in [-0.39, 0.29) is 18.3 Å². The van der Waals surface area contributed by atoms with Crippen molar-refractivity contribution in [3.05, 3.63) is 29.6 Å². The van der Waals surface area contributed by atoms with Crippen molar-refractivity contribution in [1.29, 1.82) is 0 Å². The van der Waals surface area contributed by atoms with Crippen molar-refractivity contribution in [2.24, 2.45) is 0 Å². The van der Waals surface area contributed by atoms with E-state index in [0.29, 0.717) is 17.9 Å². The summed E-state index contributed by atoms with van der Waals surface area (Å²) in [6.07, 6.45) is 0. The van der Waals surface area contributed by atoms with Crippen molar-refractivity contribution in [2.75, 3.05) is 13.2 Å². The van der Waals surface area contributed by atoms with Crippen LogP contribution in [0.5, 0.6) is 5.75 Å². The van der Waals surface area contributed by atoms with Gasteiger partial charge in [0.15, 0.2) is 0 Å². The SMILES string of the molecule is CCOc1ccc(F)cc1C(C)CO. The fourth-order valence-corrected chi connectivity index (χ4v) is 1.29. The number of aliphatic hydroxyl groups excluding tert-OH is 1. The predicted octanol–water partition coefficient (Wildman–Crippen LogP) is 2.32. The minimum absolute atomic E-state index is 0.0104. The summed E-state index contributed by atoms with van der Waals surface area (Å²) in [5, 5.41) is 8.99. The van der Waals surface area contributed by atoms with Crippen LogP contribution in [-0.2, 0) is 0 Å². The normalized spacial score (nSPS) is 12.6. The molecule has 2 nitrogen and oxygen atoms in total. The Hall–Kier alpha value is -1.09. The Labute approximate surface area is 83.3 Å². The van der Waals surface area contributed by atoms with Gasteiger partial charge in [0.05, 0.1) is 6.61 Å². The molecular weight excluding hydrogens is 183 g/mol. The maximum Gasteiger partial charge on any atom is 0.123 e. The molecule has 0 aliphatic rings. The Kier molecular flexibility index (Phi) is 3.89. The molecule has 0 heterocycles. The molecule has 1 N–H and O–H groups in total. The second-order valence-electron chi connectivity index (χ2n) is 3.20. The van der Waals surface area contributed by atoms with E-state index < -0.39 is 0 Å². The van der Waals surface area contributed by atoms with Crippen molar-refractivity contribution < 1.29 is 14.2 Å². The number of halogens is 1. The van der Waals surface area contributed by atoms with Crippen molar-refractivity contribution in [3.63, 3.8) is 0 Å². The summed E-state index contributed by atoms with van der Waals surface area (Å²) in [7, 11) is 0. The van der Waals surface area contributed by atoms with E-state index in [9.17, 15) is 4.39 Å². The summed E-state index contributed by atoms with van der Waals surface area (Å²) in [4.78, 5) is 0. The molecule has 1 aromatic carbocycles. The fourth-order valence-electron chi connectivity index (χ4n) is 1.29. The maximum absolute atomic E-state index is 12.9. The van der Waals surface area contributed by atoms with E-state index in [1.165, 1.54) is 12.1 Å². The molecule has 1 atom stereocenters. The average Bonchev–Trinajstić information content (AvgIpc) is 2.20. The number of hydrogen-bond acceptors (Lipinski definition) is 2. The highest BCUT2D eigenvalue weighted by Gasteiger charge is 2.11. The molecule has 0 radical (unpaired) electrons. The monoisotopic (exact) mass is 198 g/mol. The van der Waals surface area contributed by atoms with Gasteiger partial charge in [-0.2, -0.15) is 0 Å². The lowest BCUT2D eigenvalue weighted by atomic mass is 10.0. The third-order valence-corrected chi connectivity index (χ3v) is 2.08. The largest absolute Gasteiger partial charge is 0.494 e. The van der Waals surface area contributed by atoms with Crippen LogP contribution in [0, 0.1) is 5.82 Å². The van der Waals surface area contributed by atoms with Gasteiger partial charge in [0.1, 0.15) is 11.6 Å². The van der Waals surface area contributed by atoms with Gasteiger partial charge < -0.3 is 9.84 Å². The first-order valence-corrected chi connectivity index (χ1v) is 4.72. The molecule has 1 rings (SSSR count). The van der Waals surface area contributed by atoms with Crippen LogP contribution in [0.3, 0.4) is 0 Å². The number of aliphatic hydroxyl groups is 1. The number of hydrogen-bond donors (Lipinski definition) is 1. The Morgan fingerprint density at radius 3 is 2.79 bits per heavy atom. The molecule has 0 aliphatic heterocycles. The maximum atomic E-state index is 12.9. The zero-order valence-electron chi connectivity index (χ0n) is 8.46. The van der Waals surface area contributed by atoms with Crippen LogP contribution < -0.4 is 4.74 Å². The molecule has 14 heavy (non-hydrogen) atoms. The number of benzene rings is 1. The smallest absolute Gasteiger partial charge is 0.123 e. The van der Waals surface area contributed by atoms with E-state index in [1.807, 2.05) is 13.8 Å². The standard InChI is InChI=1S/C11H15FO2/c1-3-14-11-5-4-9(12)6-10(11)8(2)7-13/h4-6,8,13H,3,7H2,1-2H3. The Balaban J connectivity index is 3.02. The van der Waals surface area contributed by atoms with Crippen LogP contribution in [0.15, 0.2) is 18.2 Å². The third kappa shape index (κ3) is 2.45. The van der Waals surface area contributed by atoms with Crippen LogP contribution in [0.1, 0.15) is 25.3 Å².